The van der Waals surface area contributed by atoms with Gasteiger partial charge in [0.2, 0.25) is 18.6 Å². The lowest BCUT2D eigenvalue weighted by Gasteiger charge is -2.28. The lowest BCUT2D eigenvalue weighted by Crippen LogP contribution is -2.52. The van der Waals surface area contributed by atoms with Crippen molar-refractivity contribution in [2.75, 3.05) is 6.79 Å². The fourth-order valence-electron chi connectivity index (χ4n) is 2.05. The summed E-state index contributed by atoms with van der Waals surface area (Å²) in [7, 11) is 0. The molecule has 2 amide bonds. The number of carbonyl (C=O) groups is 2. The number of nitrogens with one attached hydrogen (secondary N) is 2. The second kappa shape index (κ2) is 6.10. The quantitative estimate of drug-likeness (QED) is 0.832. The average molecular weight is 320 g/mol. The van der Waals surface area contributed by atoms with Crippen molar-refractivity contribution in [3.63, 3.8) is 0 Å². The number of hydrogen-bond acceptors (Lipinski definition) is 4. The Bertz CT molecular complexity index is 618. The minimum absolute atomic E-state index is 0.213. The van der Waals surface area contributed by atoms with Gasteiger partial charge >= 0.3 is 0 Å². The first-order valence-electron chi connectivity index (χ1n) is 7.59. The third-order valence-corrected chi connectivity index (χ3v) is 3.51. The molecule has 0 fully saturated rings. The Morgan fingerprint density at radius 3 is 2.35 bits per heavy atom. The van der Waals surface area contributed by atoms with Crippen LogP contribution in [0, 0.1) is 5.41 Å². The molecule has 2 rings (SSSR count). The van der Waals surface area contributed by atoms with E-state index in [0.717, 1.165) is 5.56 Å². The third-order valence-electron chi connectivity index (χ3n) is 3.51. The van der Waals surface area contributed by atoms with Crippen LogP contribution in [0.2, 0.25) is 0 Å². The number of benzene rings is 1. The molecule has 1 aliphatic rings. The van der Waals surface area contributed by atoms with Gasteiger partial charge < -0.3 is 20.1 Å². The lowest BCUT2D eigenvalue weighted by atomic mass is 9.89. The van der Waals surface area contributed by atoms with Gasteiger partial charge in [0.05, 0.1) is 0 Å². The molecule has 0 aliphatic carbocycles. The Balaban J connectivity index is 1.97. The summed E-state index contributed by atoms with van der Waals surface area (Å²) in [5, 5.41) is 5.64. The summed E-state index contributed by atoms with van der Waals surface area (Å²) >= 11 is 0. The van der Waals surface area contributed by atoms with E-state index in [9.17, 15) is 9.59 Å². The van der Waals surface area contributed by atoms with E-state index in [4.69, 9.17) is 9.47 Å². The van der Waals surface area contributed by atoms with E-state index >= 15 is 0 Å². The number of ether oxygens (including phenoxy) is 2. The smallest absolute Gasteiger partial charge is 0.235 e. The topological polar surface area (TPSA) is 76.7 Å². The fourth-order valence-corrected chi connectivity index (χ4v) is 2.05. The molecule has 1 aromatic carbocycles. The molecule has 126 valence electrons. The Morgan fingerprint density at radius 1 is 1.04 bits per heavy atom. The van der Waals surface area contributed by atoms with Crippen LogP contribution in [0.5, 0.6) is 11.5 Å². The van der Waals surface area contributed by atoms with Gasteiger partial charge in [0.1, 0.15) is 5.41 Å². The summed E-state index contributed by atoms with van der Waals surface area (Å²) in [6.07, 6.45) is 0. The molecular weight excluding hydrogens is 296 g/mol. The number of amides is 2. The molecule has 2 N–H and O–H groups in total. The second-order valence-corrected chi connectivity index (χ2v) is 7.20. The van der Waals surface area contributed by atoms with Gasteiger partial charge in [-0.1, -0.05) is 6.07 Å². The highest BCUT2D eigenvalue weighted by Gasteiger charge is 2.37. The van der Waals surface area contributed by atoms with E-state index in [1.165, 1.54) is 0 Å². The number of fused-ring (bicyclic) bond motifs is 1. The van der Waals surface area contributed by atoms with Crippen molar-refractivity contribution < 1.29 is 19.1 Å². The van der Waals surface area contributed by atoms with E-state index in [1.807, 2.05) is 32.9 Å². The minimum Gasteiger partial charge on any atom is -0.454 e. The normalized spacial score (nSPS) is 13.6. The molecule has 23 heavy (non-hydrogen) atoms. The zero-order valence-corrected chi connectivity index (χ0v) is 14.3. The van der Waals surface area contributed by atoms with Gasteiger partial charge in [0.15, 0.2) is 11.5 Å². The second-order valence-electron chi connectivity index (χ2n) is 7.20. The third kappa shape index (κ3) is 4.15. The molecule has 1 heterocycles. The van der Waals surface area contributed by atoms with Crippen LogP contribution < -0.4 is 20.1 Å². The Labute approximate surface area is 136 Å². The summed E-state index contributed by atoms with van der Waals surface area (Å²) in [6, 6.07) is 5.49. The minimum atomic E-state index is -1.15. The predicted molar refractivity (Wildman–Crippen MR) is 86.1 cm³/mol. The van der Waals surface area contributed by atoms with E-state index in [-0.39, 0.29) is 24.1 Å². The molecule has 0 radical (unpaired) electrons. The van der Waals surface area contributed by atoms with E-state index in [1.54, 1.807) is 19.9 Å². The van der Waals surface area contributed by atoms with Crippen molar-refractivity contribution in [1.29, 1.82) is 0 Å². The monoisotopic (exact) mass is 320 g/mol. The fraction of sp³-hybridized carbons (Fsp3) is 0.529. The molecule has 0 bridgehead atoms. The predicted octanol–water partition coefficient (Wildman–Crippen LogP) is 1.97. The molecule has 0 saturated carbocycles. The van der Waals surface area contributed by atoms with E-state index in [2.05, 4.69) is 10.6 Å². The van der Waals surface area contributed by atoms with Crippen molar-refractivity contribution in [2.45, 2.75) is 46.7 Å². The molecule has 6 nitrogen and oxygen atoms in total. The van der Waals surface area contributed by atoms with Crippen LogP contribution in [-0.2, 0) is 16.1 Å². The Kier molecular flexibility index (Phi) is 4.54. The van der Waals surface area contributed by atoms with Gasteiger partial charge in [-0.3, -0.25) is 9.59 Å². The van der Waals surface area contributed by atoms with Gasteiger partial charge in [-0.2, -0.15) is 0 Å². The Hall–Kier alpha value is -2.24. The van der Waals surface area contributed by atoms with Gasteiger partial charge in [-0.25, -0.2) is 0 Å². The molecule has 0 atom stereocenters. The molecule has 6 heteroatoms. The summed E-state index contributed by atoms with van der Waals surface area (Å²) in [5.41, 5.74) is -0.648. The standard InChI is InChI=1S/C17H24N2O4/c1-16(2,3)19-15(21)17(4,5)14(20)18-9-11-6-7-12-13(8-11)23-10-22-12/h6-8H,9-10H2,1-5H3,(H,18,20)(H,19,21). The van der Waals surface area contributed by atoms with Crippen molar-refractivity contribution in [3.8, 4) is 11.5 Å². The Morgan fingerprint density at radius 2 is 1.70 bits per heavy atom. The largest absolute Gasteiger partial charge is 0.454 e. The SMILES string of the molecule is CC(C)(C)NC(=O)C(C)(C)C(=O)NCc1ccc2c(c1)OCO2. The summed E-state index contributed by atoms with van der Waals surface area (Å²) in [5.74, 6) is 0.747. The van der Waals surface area contributed by atoms with E-state index in [0.29, 0.717) is 18.0 Å². The molecular formula is C17H24N2O4. The summed E-state index contributed by atoms with van der Waals surface area (Å²) < 4.78 is 10.6. The lowest BCUT2D eigenvalue weighted by molar-refractivity contribution is -0.142. The molecule has 1 aromatic rings. The number of rotatable bonds is 4. The first-order valence-corrected chi connectivity index (χ1v) is 7.59. The summed E-state index contributed by atoms with van der Waals surface area (Å²) in [6.45, 7) is 9.40. The maximum atomic E-state index is 12.4. The van der Waals surface area contributed by atoms with Crippen LogP contribution >= 0.6 is 0 Å². The maximum absolute atomic E-state index is 12.4. The van der Waals surface area contributed by atoms with Crippen LogP contribution in [0.3, 0.4) is 0 Å². The highest BCUT2D eigenvalue weighted by Crippen LogP contribution is 2.32. The first-order chi connectivity index (χ1) is 10.6. The molecule has 0 unspecified atom stereocenters. The number of hydrogen-bond donors (Lipinski definition) is 2. The van der Waals surface area contributed by atoms with Crippen LogP contribution in [0.4, 0.5) is 0 Å². The zero-order valence-electron chi connectivity index (χ0n) is 14.3. The first kappa shape index (κ1) is 17.1. The van der Waals surface area contributed by atoms with Crippen molar-refractivity contribution in [3.05, 3.63) is 23.8 Å². The molecule has 1 aliphatic heterocycles. The van der Waals surface area contributed by atoms with Gasteiger partial charge in [-0.15, -0.1) is 0 Å². The highest BCUT2D eigenvalue weighted by atomic mass is 16.7. The van der Waals surface area contributed by atoms with E-state index < -0.39 is 5.41 Å². The average Bonchev–Trinajstić information content (AvgIpc) is 2.90. The van der Waals surface area contributed by atoms with Crippen LogP contribution in [0.15, 0.2) is 18.2 Å². The highest BCUT2D eigenvalue weighted by molar-refractivity contribution is 6.04. The molecule has 0 spiro atoms. The molecule has 0 aromatic heterocycles. The molecule has 0 saturated heterocycles. The van der Waals surface area contributed by atoms with Crippen LogP contribution in [0.1, 0.15) is 40.2 Å². The van der Waals surface area contributed by atoms with Crippen molar-refractivity contribution in [2.24, 2.45) is 5.41 Å². The van der Waals surface area contributed by atoms with Gasteiger partial charge in [0, 0.05) is 12.1 Å². The zero-order chi connectivity index (χ0) is 17.3. The van der Waals surface area contributed by atoms with Crippen molar-refractivity contribution >= 4 is 11.8 Å². The van der Waals surface area contributed by atoms with Crippen molar-refractivity contribution in [1.82, 2.24) is 10.6 Å². The van der Waals surface area contributed by atoms with Crippen LogP contribution in [-0.4, -0.2) is 24.1 Å². The number of carbonyl (C=O) groups excluding carboxylic acids is 2. The summed E-state index contributed by atoms with van der Waals surface area (Å²) in [4.78, 5) is 24.6. The maximum Gasteiger partial charge on any atom is 0.235 e. The van der Waals surface area contributed by atoms with Gasteiger partial charge in [0.25, 0.3) is 0 Å². The van der Waals surface area contributed by atoms with Gasteiger partial charge in [-0.05, 0) is 52.3 Å². The van der Waals surface area contributed by atoms with Crippen LogP contribution in [0.25, 0.3) is 0 Å².